The van der Waals surface area contributed by atoms with E-state index in [9.17, 15) is 84.6 Å². The number of benzene rings is 5. The monoisotopic (exact) mass is 1550 g/mol. The number of nitrogens with two attached hydrogens (primary N) is 2. The number of carboxylic acids is 1. The molecule has 7 amide bonds. The van der Waals surface area contributed by atoms with E-state index in [0.717, 1.165) is 79.3 Å². The summed E-state index contributed by atoms with van der Waals surface area (Å²) in [4.78, 5) is 136. The summed E-state index contributed by atoms with van der Waals surface area (Å²) >= 11 is 14.1. The number of aliphatic hydroxyl groups is 6. The van der Waals surface area contributed by atoms with Gasteiger partial charge in [-0.05, 0) is 117 Å². The zero-order chi connectivity index (χ0) is 79.1. The maximum atomic E-state index is 16.0. The van der Waals surface area contributed by atoms with Crippen molar-refractivity contribution in [1.29, 1.82) is 0 Å². The Kier molecular flexibility index (Phi) is 26.6. The molecule has 108 heavy (non-hydrogen) atoms. The SMILES string of the molecule is CN[C@H](CC(C)C)C(=O)N[C@H]1C(=O)N[C@@H](CC(N)=O)C(=O)N[C@H]2C(=O)N[C@H]3C(=O)N[C@H](C(=O)N[C@@H](C(=O)O)c4cc(O)cc(O)c4-c4cc3ccc4O)[C@H](O)c3ccc(c(Cl)c3)Oc3cc2cc(c3O[C@@H]2O[C@H](CO)[C@@H](O)[C@H](O)[C@H]2O[C@H]2C[C@](C)(N)C(O)[C@H](C)O2)Oc2ccc(cc2Cl)[C@H]1O.O=CCCCC=O. The first-order chi connectivity index (χ1) is 51.1. The smallest absolute Gasteiger partial charge is 0.330 e. The van der Waals surface area contributed by atoms with Crippen LogP contribution in [0.1, 0.15) is 124 Å². The van der Waals surface area contributed by atoms with Crippen molar-refractivity contribution in [1.82, 2.24) is 37.2 Å². The number of aromatic hydroxyl groups is 3. The molecule has 0 spiro atoms. The van der Waals surface area contributed by atoms with E-state index in [1.807, 2.05) is 13.8 Å². The summed E-state index contributed by atoms with van der Waals surface area (Å²) < 4.78 is 38.3. The highest BCUT2D eigenvalue weighted by molar-refractivity contribution is 6.32. The number of hydrogen-bond acceptors (Lipinski definition) is 27. The van der Waals surface area contributed by atoms with Gasteiger partial charge in [-0.2, -0.15) is 0 Å². The average molecular weight is 1550 g/mol. The lowest BCUT2D eigenvalue weighted by Gasteiger charge is -2.47. The van der Waals surface area contributed by atoms with Crippen molar-refractivity contribution in [2.75, 3.05) is 13.7 Å². The Hall–Kier alpha value is -9.86. The van der Waals surface area contributed by atoms with Gasteiger partial charge in [0.05, 0.1) is 41.3 Å². The maximum Gasteiger partial charge on any atom is 0.330 e. The van der Waals surface area contributed by atoms with Crippen LogP contribution in [-0.2, 0) is 62.2 Å². The molecule has 582 valence electrons. The van der Waals surface area contributed by atoms with Gasteiger partial charge < -0.3 is 138 Å². The van der Waals surface area contributed by atoms with Crippen LogP contribution in [0.25, 0.3) is 11.1 Å². The molecule has 0 aliphatic carbocycles. The van der Waals surface area contributed by atoms with Crippen LogP contribution in [0.2, 0.25) is 10.0 Å². The van der Waals surface area contributed by atoms with Gasteiger partial charge >= 0.3 is 5.97 Å². The van der Waals surface area contributed by atoms with E-state index in [1.54, 1.807) is 0 Å². The van der Waals surface area contributed by atoms with Gasteiger partial charge in [0.2, 0.25) is 53.4 Å². The number of aliphatic carboxylic acids is 1. The summed E-state index contributed by atoms with van der Waals surface area (Å²) in [5.41, 5.74) is 8.00. The highest BCUT2D eigenvalue weighted by atomic mass is 35.5. The number of unbranched alkanes of at least 4 members (excludes halogenated alkanes) is 2. The van der Waals surface area contributed by atoms with Crippen molar-refractivity contribution < 1.29 is 127 Å². The highest BCUT2D eigenvalue weighted by Gasteiger charge is 2.52. The number of likely N-dealkylation sites (N-methyl/N-ethyl adjacent to an activating group) is 1. The molecule has 0 radical (unpaired) electrons. The van der Waals surface area contributed by atoms with Crippen LogP contribution in [0.4, 0.5) is 0 Å². The minimum absolute atomic E-state index is 0.0975. The van der Waals surface area contributed by atoms with E-state index in [1.165, 1.54) is 33.0 Å². The third-order valence-corrected chi connectivity index (χ3v) is 19.0. The second-order valence-corrected chi connectivity index (χ2v) is 27.8. The largest absolute Gasteiger partial charge is 0.508 e. The molecule has 18 atom stereocenters. The van der Waals surface area contributed by atoms with E-state index in [2.05, 4.69) is 37.2 Å². The van der Waals surface area contributed by atoms with Crippen molar-refractivity contribution in [2.24, 2.45) is 17.4 Å². The minimum atomic E-state index is -2.35. The molecule has 35 nitrogen and oxygen atoms in total. The molecule has 1 unspecified atom stereocenters. The number of phenols is 3. The first kappa shape index (κ1) is 82.2. The lowest BCUT2D eigenvalue weighted by molar-refractivity contribution is -0.333. The predicted molar refractivity (Wildman–Crippen MR) is 375 cm³/mol. The number of amides is 7. The molecule has 12 rings (SSSR count). The summed E-state index contributed by atoms with van der Waals surface area (Å²) in [7, 11) is 1.47. The van der Waals surface area contributed by atoms with Crippen molar-refractivity contribution in [3.63, 3.8) is 0 Å². The van der Waals surface area contributed by atoms with Gasteiger partial charge in [-0.1, -0.05) is 55.2 Å². The molecular formula is C71H83Cl2N9O26. The van der Waals surface area contributed by atoms with E-state index in [4.69, 9.17) is 63.1 Å². The minimum Gasteiger partial charge on any atom is -0.508 e. The molecule has 0 saturated carbocycles. The fourth-order valence-electron chi connectivity index (χ4n) is 12.8. The predicted octanol–water partition coefficient (Wildman–Crippen LogP) is 0.661. The summed E-state index contributed by atoms with van der Waals surface area (Å²) in [6, 6.07) is -0.679. The molecule has 5 aromatic carbocycles. The van der Waals surface area contributed by atoms with Crippen LogP contribution in [-0.4, -0.2) is 204 Å². The topological polar surface area (TPSA) is 565 Å². The number of phenolic OH excluding ortho intramolecular Hbond substituents is 3. The van der Waals surface area contributed by atoms with E-state index < -0.39 is 237 Å². The molecule has 2 saturated heterocycles. The number of ether oxygens (including phenoxy) is 6. The van der Waals surface area contributed by atoms with Gasteiger partial charge in [0.1, 0.15) is 102 Å². The summed E-state index contributed by atoms with van der Waals surface area (Å²) in [6.07, 6.45) is -15.2. The number of hydrogen-bond donors (Lipinski definition) is 19. The van der Waals surface area contributed by atoms with E-state index in [0.29, 0.717) is 19.3 Å². The van der Waals surface area contributed by atoms with Crippen molar-refractivity contribution in [3.8, 4) is 57.1 Å². The Morgan fingerprint density at radius 1 is 0.713 bits per heavy atom. The molecule has 21 N–H and O–H groups in total. The van der Waals surface area contributed by atoms with Crippen LogP contribution < -0.4 is 62.9 Å². The van der Waals surface area contributed by atoms with Gasteiger partial charge in [0.15, 0.2) is 29.9 Å². The Balaban J connectivity index is 0.00000183. The number of carboxylic acid groups (broad SMARTS) is 1. The van der Waals surface area contributed by atoms with Gasteiger partial charge in [-0.3, -0.25) is 33.6 Å². The number of carbonyl (C=O) groups excluding carboxylic acids is 9. The zero-order valence-electron chi connectivity index (χ0n) is 58.4. The summed E-state index contributed by atoms with van der Waals surface area (Å²) in [6.45, 7) is 5.66. The van der Waals surface area contributed by atoms with E-state index >= 15 is 14.4 Å². The van der Waals surface area contributed by atoms with Gasteiger partial charge in [-0.15, -0.1) is 0 Å². The highest BCUT2D eigenvalue weighted by Crippen LogP contribution is 2.50. The third-order valence-electron chi connectivity index (χ3n) is 18.4. The summed E-state index contributed by atoms with van der Waals surface area (Å²) in [5.74, 6) is -16.0. The molecule has 7 aliphatic heterocycles. The van der Waals surface area contributed by atoms with Crippen molar-refractivity contribution in [2.45, 2.75) is 175 Å². The first-order valence-electron chi connectivity index (χ1n) is 33.9. The van der Waals surface area contributed by atoms with Crippen LogP contribution in [0.5, 0.6) is 46.0 Å². The van der Waals surface area contributed by atoms with Crippen molar-refractivity contribution >= 4 is 83.1 Å². The number of aliphatic hydroxyl groups excluding tert-OH is 6. The number of rotatable bonds is 17. The number of primary amides is 1. The molecular weight excluding hydrogens is 1470 g/mol. The maximum absolute atomic E-state index is 16.0. The molecule has 37 heteroatoms. The zero-order valence-corrected chi connectivity index (χ0v) is 59.9. The Morgan fingerprint density at radius 2 is 1.31 bits per heavy atom. The average Bonchev–Trinajstić information content (AvgIpc) is 0.771. The lowest BCUT2D eigenvalue weighted by Crippen LogP contribution is -2.64. The van der Waals surface area contributed by atoms with Crippen molar-refractivity contribution in [3.05, 3.63) is 117 Å². The molecule has 11 bridgehead atoms. The van der Waals surface area contributed by atoms with Crippen LogP contribution in [0, 0.1) is 5.92 Å². The molecule has 0 aromatic heterocycles. The molecule has 7 aliphatic rings. The van der Waals surface area contributed by atoms with Crippen LogP contribution in [0.3, 0.4) is 0 Å². The van der Waals surface area contributed by atoms with Crippen LogP contribution in [0.15, 0.2) is 78.9 Å². The fraction of sp³-hybridized carbons (Fsp3) is 0.437. The molecule has 5 aromatic rings. The number of fused-ring (bicyclic) bond motifs is 15. The Bertz CT molecular complexity index is 4240. The number of halogens is 2. The Labute approximate surface area is 625 Å². The van der Waals surface area contributed by atoms with Crippen LogP contribution >= 0.6 is 23.2 Å². The fourth-order valence-corrected chi connectivity index (χ4v) is 13.2. The number of aldehydes is 2. The second kappa shape index (κ2) is 35.0. The third kappa shape index (κ3) is 18.6. The Morgan fingerprint density at radius 3 is 1.87 bits per heavy atom. The molecule has 2 fully saturated rings. The van der Waals surface area contributed by atoms with Gasteiger partial charge in [0.25, 0.3) is 0 Å². The number of nitrogens with one attached hydrogen (secondary N) is 7. The standard InChI is InChI=1S/C66H75Cl2N9O24.C5H8O2/c1-23(2)12-34(71-5)58(88)76-49-51(83)26-7-10-38(32(67)14-26)97-40-16-28-17-41(55(40)101-65-56(54(86)53(85)42(22-78)99-65)100-44-21-66(4,70)57(87)24(3)96-44)98-39-11-8-27(15-33(39)68)52(84)50-63(93)75-48(64(94)95)31-18-29(79)19-37(81)45(31)30-13-25(6-9-36(30)80)46(60(90)77-50)74-61(91)47(28)73-59(89)35(20-43(69)82)72-62(49)92;6-4-2-1-3-5-7/h6-11,13-19,23-24,34-35,42,44,46-54,56-57,65,71,78-81,83-87H,12,20-22,70H2,1-5H3,(H2,69,82)(H,72,92)(H,73,89)(H,74,91)(H,75,93)(H,76,88)(H,77,90)(H,94,95);4-5H,1-3H2/t24-,34+,35-,42+,44-,46+,47+,48+,49+,50-,51+,52+,53+,54-,56+,57?,65-,66-;/m0./s1. The quantitative estimate of drug-likeness (QED) is 0.0449. The van der Waals surface area contributed by atoms with Gasteiger partial charge in [0, 0.05) is 47.6 Å². The lowest BCUT2D eigenvalue weighted by atomic mass is 9.86. The first-order valence-corrected chi connectivity index (χ1v) is 34.7. The normalized spacial score (nSPS) is 28.0. The van der Waals surface area contributed by atoms with Gasteiger partial charge in [-0.25, -0.2) is 4.79 Å². The van der Waals surface area contributed by atoms with E-state index in [-0.39, 0.29) is 46.2 Å². The number of carbonyl (C=O) groups is 10. The summed E-state index contributed by atoms with van der Waals surface area (Å²) in [5, 5.41) is 131. The second-order valence-electron chi connectivity index (χ2n) is 27.0. The molecule has 7 heterocycles.